The van der Waals surface area contributed by atoms with Crippen LogP contribution in [0.3, 0.4) is 0 Å². The molecular formula is C28H30O5. The number of rotatable bonds is 10. The SMILES string of the molecule is CCC(C)(C)c1ccc(OCC(=O)Oc2ccc(C(=O)OCCc3ccccc3)cc2)cc1. The Hall–Kier alpha value is -3.60. The Labute approximate surface area is 195 Å². The summed E-state index contributed by atoms with van der Waals surface area (Å²) in [7, 11) is 0. The predicted octanol–water partition coefficient (Wildman–Crippen LogP) is 5.76. The highest BCUT2D eigenvalue weighted by atomic mass is 16.6. The van der Waals surface area contributed by atoms with Crippen LogP contribution in [0.1, 0.15) is 48.7 Å². The Morgan fingerprint density at radius 2 is 1.45 bits per heavy atom. The number of hydrogen-bond acceptors (Lipinski definition) is 5. The summed E-state index contributed by atoms with van der Waals surface area (Å²) in [6.07, 6.45) is 1.69. The van der Waals surface area contributed by atoms with Crippen LogP contribution in [-0.4, -0.2) is 25.2 Å². The molecule has 0 bridgehead atoms. The van der Waals surface area contributed by atoms with Crippen molar-refractivity contribution < 1.29 is 23.8 Å². The van der Waals surface area contributed by atoms with Gasteiger partial charge in [-0.1, -0.05) is 63.2 Å². The molecule has 0 amide bonds. The fourth-order valence-corrected chi connectivity index (χ4v) is 3.16. The summed E-state index contributed by atoms with van der Waals surface area (Å²) in [5.41, 5.74) is 2.82. The molecule has 0 aliphatic heterocycles. The minimum atomic E-state index is -0.522. The minimum Gasteiger partial charge on any atom is -0.482 e. The molecule has 172 valence electrons. The molecule has 0 spiro atoms. The second-order valence-electron chi connectivity index (χ2n) is 8.42. The first-order valence-electron chi connectivity index (χ1n) is 11.1. The number of carbonyl (C=O) groups excluding carboxylic acids is 2. The van der Waals surface area contributed by atoms with Crippen molar-refractivity contribution in [2.45, 2.75) is 39.0 Å². The third-order valence-electron chi connectivity index (χ3n) is 5.66. The number of esters is 2. The van der Waals surface area contributed by atoms with Crippen LogP contribution in [-0.2, 0) is 21.4 Å². The van der Waals surface area contributed by atoms with E-state index in [0.29, 0.717) is 30.1 Å². The van der Waals surface area contributed by atoms with Crippen LogP contribution < -0.4 is 9.47 Å². The molecule has 5 heteroatoms. The van der Waals surface area contributed by atoms with E-state index in [0.717, 1.165) is 12.0 Å². The molecule has 3 aromatic rings. The van der Waals surface area contributed by atoms with Gasteiger partial charge in [-0.05, 0) is 59.4 Å². The summed E-state index contributed by atoms with van der Waals surface area (Å²) < 4.78 is 16.1. The lowest BCUT2D eigenvalue weighted by molar-refractivity contribution is -0.136. The van der Waals surface area contributed by atoms with Gasteiger partial charge in [-0.3, -0.25) is 0 Å². The summed E-state index contributed by atoms with van der Waals surface area (Å²) >= 11 is 0. The van der Waals surface area contributed by atoms with Crippen molar-refractivity contribution in [1.29, 1.82) is 0 Å². The lowest BCUT2D eigenvalue weighted by Gasteiger charge is -2.23. The largest absolute Gasteiger partial charge is 0.482 e. The van der Waals surface area contributed by atoms with Crippen LogP contribution in [0, 0.1) is 0 Å². The van der Waals surface area contributed by atoms with Gasteiger partial charge in [-0.15, -0.1) is 0 Å². The van der Waals surface area contributed by atoms with Crippen molar-refractivity contribution in [2.75, 3.05) is 13.2 Å². The zero-order valence-electron chi connectivity index (χ0n) is 19.4. The first-order valence-corrected chi connectivity index (χ1v) is 11.1. The molecule has 3 rings (SSSR count). The number of carbonyl (C=O) groups is 2. The molecule has 0 atom stereocenters. The van der Waals surface area contributed by atoms with Crippen molar-refractivity contribution >= 4 is 11.9 Å². The minimum absolute atomic E-state index is 0.0952. The average Bonchev–Trinajstić information content (AvgIpc) is 2.84. The van der Waals surface area contributed by atoms with Crippen molar-refractivity contribution in [2.24, 2.45) is 0 Å². The summed E-state index contributed by atoms with van der Waals surface area (Å²) in [4.78, 5) is 24.3. The zero-order valence-corrected chi connectivity index (χ0v) is 19.4. The molecule has 33 heavy (non-hydrogen) atoms. The Morgan fingerprint density at radius 1 is 0.818 bits per heavy atom. The zero-order chi connectivity index (χ0) is 23.7. The maximum absolute atomic E-state index is 12.2. The molecule has 0 aliphatic rings. The highest BCUT2D eigenvalue weighted by molar-refractivity contribution is 5.89. The maximum Gasteiger partial charge on any atom is 0.349 e. The Balaban J connectivity index is 1.43. The van der Waals surface area contributed by atoms with Gasteiger partial charge < -0.3 is 14.2 Å². The van der Waals surface area contributed by atoms with E-state index >= 15 is 0 Å². The highest BCUT2D eigenvalue weighted by Crippen LogP contribution is 2.28. The van der Waals surface area contributed by atoms with E-state index < -0.39 is 11.9 Å². The van der Waals surface area contributed by atoms with Gasteiger partial charge in [-0.2, -0.15) is 0 Å². The molecule has 0 aliphatic carbocycles. The van der Waals surface area contributed by atoms with E-state index in [-0.39, 0.29) is 12.0 Å². The molecule has 3 aromatic carbocycles. The summed E-state index contributed by atoms with van der Waals surface area (Å²) in [5, 5.41) is 0. The summed E-state index contributed by atoms with van der Waals surface area (Å²) in [6.45, 7) is 6.63. The van der Waals surface area contributed by atoms with E-state index in [1.807, 2.05) is 54.6 Å². The molecule has 0 saturated heterocycles. The van der Waals surface area contributed by atoms with Crippen LogP contribution in [0.5, 0.6) is 11.5 Å². The van der Waals surface area contributed by atoms with Gasteiger partial charge in [0.2, 0.25) is 0 Å². The van der Waals surface area contributed by atoms with Gasteiger partial charge in [0.15, 0.2) is 6.61 Å². The van der Waals surface area contributed by atoms with E-state index in [9.17, 15) is 9.59 Å². The second-order valence-corrected chi connectivity index (χ2v) is 8.42. The first kappa shape index (κ1) is 24.1. The average molecular weight is 447 g/mol. The van der Waals surface area contributed by atoms with Crippen LogP contribution in [0.15, 0.2) is 78.9 Å². The molecule has 0 radical (unpaired) electrons. The van der Waals surface area contributed by atoms with E-state index in [2.05, 4.69) is 20.8 Å². The number of ether oxygens (including phenoxy) is 3. The second kappa shape index (κ2) is 11.3. The van der Waals surface area contributed by atoms with Crippen LogP contribution >= 0.6 is 0 Å². The Morgan fingerprint density at radius 3 is 2.09 bits per heavy atom. The Bertz CT molecular complexity index is 1040. The molecule has 0 fully saturated rings. The number of benzene rings is 3. The lowest BCUT2D eigenvalue weighted by Crippen LogP contribution is -2.18. The van der Waals surface area contributed by atoms with E-state index in [4.69, 9.17) is 14.2 Å². The van der Waals surface area contributed by atoms with Crippen LogP contribution in [0.25, 0.3) is 0 Å². The van der Waals surface area contributed by atoms with E-state index in [1.54, 1.807) is 24.3 Å². The van der Waals surface area contributed by atoms with Crippen molar-refractivity contribution in [3.63, 3.8) is 0 Å². The van der Waals surface area contributed by atoms with Gasteiger partial charge in [0.1, 0.15) is 11.5 Å². The summed E-state index contributed by atoms with van der Waals surface area (Å²) in [5.74, 6) is 0.00803. The monoisotopic (exact) mass is 446 g/mol. The maximum atomic E-state index is 12.2. The fraction of sp³-hybridized carbons (Fsp3) is 0.286. The van der Waals surface area contributed by atoms with Gasteiger partial charge in [0, 0.05) is 6.42 Å². The molecule has 0 saturated carbocycles. The topological polar surface area (TPSA) is 61.8 Å². The molecule has 0 unspecified atom stereocenters. The van der Waals surface area contributed by atoms with Gasteiger partial charge in [0.25, 0.3) is 0 Å². The van der Waals surface area contributed by atoms with E-state index in [1.165, 1.54) is 5.56 Å². The smallest absolute Gasteiger partial charge is 0.349 e. The molecular weight excluding hydrogens is 416 g/mol. The first-order chi connectivity index (χ1) is 15.9. The third kappa shape index (κ3) is 7.21. The predicted molar refractivity (Wildman–Crippen MR) is 128 cm³/mol. The van der Waals surface area contributed by atoms with Gasteiger partial charge in [-0.25, -0.2) is 9.59 Å². The van der Waals surface area contributed by atoms with Crippen molar-refractivity contribution in [1.82, 2.24) is 0 Å². The fourth-order valence-electron chi connectivity index (χ4n) is 3.16. The molecule has 0 heterocycles. The van der Waals surface area contributed by atoms with Gasteiger partial charge in [0.05, 0.1) is 12.2 Å². The molecule has 0 aromatic heterocycles. The standard InChI is InChI=1S/C28H30O5/c1-4-28(2,3)23-12-16-24(17-13-23)32-20-26(29)33-25-14-10-22(11-15-25)27(30)31-19-18-21-8-6-5-7-9-21/h5-17H,4,18-20H2,1-3H3. The normalized spacial score (nSPS) is 11.0. The lowest BCUT2D eigenvalue weighted by atomic mass is 9.82. The third-order valence-corrected chi connectivity index (χ3v) is 5.66. The molecule has 5 nitrogen and oxygen atoms in total. The highest BCUT2D eigenvalue weighted by Gasteiger charge is 2.17. The summed E-state index contributed by atoms with van der Waals surface area (Å²) in [6, 6.07) is 23.8. The van der Waals surface area contributed by atoms with Crippen molar-refractivity contribution in [3.8, 4) is 11.5 Å². The molecule has 0 N–H and O–H groups in total. The Kier molecular flexibility index (Phi) is 8.25. The van der Waals surface area contributed by atoms with Crippen LogP contribution in [0.2, 0.25) is 0 Å². The van der Waals surface area contributed by atoms with Crippen molar-refractivity contribution in [3.05, 3.63) is 95.6 Å². The quantitative estimate of drug-likeness (QED) is 0.293. The van der Waals surface area contributed by atoms with Gasteiger partial charge >= 0.3 is 11.9 Å². The number of hydrogen-bond donors (Lipinski definition) is 0. The van der Waals surface area contributed by atoms with Crippen LogP contribution in [0.4, 0.5) is 0 Å².